The zero-order valence-corrected chi connectivity index (χ0v) is 10.4. The van der Waals surface area contributed by atoms with E-state index in [1.165, 1.54) is 16.7 Å². The van der Waals surface area contributed by atoms with Crippen molar-refractivity contribution < 1.29 is 9.90 Å². The van der Waals surface area contributed by atoms with E-state index in [0.29, 0.717) is 5.75 Å². The van der Waals surface area contributed by atoms with Gasteiger partial charge in [-0.15, -0.1) is 0 Å². The van der Waals surface area contributed by atoms with Gasteiger partial charge in [0, 0.05) is 11.5 Å². The molecule has 3 N–H and O–H groups in total. The van der Waals surface area contributed by atoms with E-state index in [1.54, 1.807) is 11.8 Å². The number of carboxylic acid groups (broad SMARTS) is 1. The number of carboxylic acids is 1. The summed E-state index contributed by atoms with van der Waals surface area (Å²) in [6.07, 6.45) is 0. The van der Waals surface area contributed by atoms with Crippen molar-refractivity contribution in [1.29, 1.82) is 0 Å². The van der Waals surface area contributed by atoms with Crippen molar-refractivity contribution in [3.05, 3.63) is 34.9 Å². The van der Waals surface area contributed by atoms with E-state index < -0.39 is 12.0 Å². The fraction of sp³-hybridized carbons (Fsp3) is 0.417. The molecule has 1 rings (SSSR count). The highest BCUT2D eigenvalue weighted by Gasteiger charge is 2.10. The summed E-state index contributed by atoms with van der Waals surface area (Å²) in [4.78, 5) is 10.5. The third-order valence-corrected chi connectivity index (χ3v) is 3.59. The number of carbonyl (C=O) groups is 1. The van der Waals surface area contributed by atoms with Gasteiger partial charge in [0.2, 0.25) is 0 Å². The number of aryl methyl sites for hydroxylation is 2. The highest BCUT2D eigenvalue weighted by Crippen LogP contribution is 2.16. The molecule has 0 spiro atoms. The Hall–Kier alpha value is -1.00. The van der Waals surface area contributed by atoms with Crippen molar-refractivity contribution in [2.75, 3.05) is 5.75 Å². The van der Waals surface area contributed by atoms with E-state index in [2.05, 4.69) is 32.0 Å². The molecule has 0 bridgehead atoms. The van der Waals surface area contributed by atoms with Crippen LogP contribution in [-0.4, -0.2) is 22.9 Å². The molecule has 0 heterocycles. The van der Waals surface area contributed by atoms with Gasteiger partial charge in [0.05, 0.1) is 0 Å². The van der Waals surface area contributed by atoms with E-state index in [1.807, 2.05) is 0 Å². The summed E-state index contributed by atoms with van der Waals surface area (Å²) < 4.78 is 0. The Kier molecular flexibility index (Phi) is 4.83. The molecule has 1 aromatic rings. The topological polar surface area (TPSA) is 63.3 Å². The van der Waals surface area contributed by atoms with Gasteiger partial charge in [0.1, 0.15) is 6.04 Å². The summed E-state index contributed by atoms with van der Waals surface area (Å²) in [5.74, 6) is 0.317. The fourth-order valence-electron chi connectivity index (χ4n) is 1.27. The molecule has 0 amide bonds. The van der Waals surface area contributed by atoms with E-state index in [4.69, 9.17) is 10.8 Å². The summed E-state index contributed by atoms with van der Waals surface area (Å²) >= 11 is 1.55. The van der Waals surface area contributed by atoms with Crippen LogP contribution in [0.15, 0.2) is 18.2 Å². The molecular formula is C12H17NO2S. The second-order valence-electron chi connectivity index (χ2n) is 3.88. The Bertz CT molecular complexity index is 379. The molecule has 16 heavy (non-hydrogen) atoms. The first-order valence-electron chi connectivity index (χ1n) is 5.13. The lowest BCUT2D eigenvalue weighted by molar-refractivity contribution is -0.137. The van der Waals surface area contributed by atoms with E-state index >= 15 is 0 Å². The monoisotopic (exact) mass is 239 g/mol. The van der Waals surface area contributed by atoms with Crippen molar-refractivity contribution in [2.24, 2.45) is 5.73 Å². The molecule has 1 aromatic carbocycles. The standard InChI is InChI=1S/C12H17NO2S/c1-8-3-4-10(5-9(8)2)6-16-7-11(13)12(14)15/h3-5,11H,6-7,13H2,1-2H3,(H,14,15). The number of rotatable bonds is 5. The summed E-state index contributed by atoms with van der Waals surface area (Å²) in [6, 6.07) is 5.52. The molecule has 1 unspecified atom stereocenters. The predicted octanol–water partition coefficient (Wildman–Crippen LogP) is 1.95. The maximum atomic E-state index is 10.5. The first-order chi connectivity index (χ1) is 7.50. The Morgan fingerprint density at radius 2 is 2.12 bits per heavy atom. The zero-order chi connectivity index (χ0) is 12.1. The van der Waals surface area contributed by atoms with Gasteiger partial charge in [-0.05, 0) is 30.5 Å². The molecule has 88 valence electrons. The molecule has 0 saturated heterocycles. The van der Waals surface area contributed by atoms with Crippen LogP contribution in [0.3, 0.4) is 0 Å². The summed E-state index contributed by atoms with van der Waals surface area (Å²) in [7, 11) is 0. The van der Waals surface area contributed by atoms with Crippen molar-refractivity contribution in [3.8, 4) is 0 Å². The van der Waals surface area contributed by atoms with Crippen LogP contribution in [0.25, 0.3) is 0 Å². The lowest BCUT2D eigenvalue weighted by atomic mass is 10.1. The zero-order valence-electron chi connectivity index (χ0n) is 9.56. The minimum Gasteiger partial charge on any atom is -0.480 e. The molecule has 0 saturated carbocycles. The van der Waals surface area contributed by atoms with Gasteiger partial charge < -0.3 is 10.8 Å². The fourth-order valence-corrected chi connectivity index (χ4v) is 2.20. The normalized spacial score (nSPS) is 12.4. The second kappa shape index (κ2) is 5.92. The van der Waals surface area contributed by atoms with Crippen LogP contribution < -0.4 is 5.73 Å². The third kappa shape index (κ3) is 3.87. The average molecular weight is 239 g/mol. The third-order valence-electron chi connectivity index (χ3n) is 2.45. The minimum absolute atomic E-state index is 0.447. The number of thioether (sulfide) groups is 1. The van der Waals surface area contributed by atoms with Crippen LogP contribution in [0, 0.1) is 13.8 Å². The first kappa shape index (κ1) is 13.1. The van der Waals surface area contributed by atoms with Crippen LogP contribution in [0.1, 0.15) is 16.7 Å². The summed E-state index contributed by atoms with van der Waals surface area (Å²) in [5.41, 5.74) is 9.17. The van der Waals surface area contributed by atoms with Gasteiger partial charge >= 0.3 is 5.97 Å². The van der Waals surface area contributed by atoms with Crippen LogP contribution in [0.2, 0.25) is 0 Å². The van der Waals surface area contributed by atoms with Crippen molar-refractivity contribution >= 4 is 17.7 Å². The van der Waals surface area contributed by atoms with E-state index in [9.17, 15) is 4.79 Å². The number of hydrogen-bond acceptors (Lipinski definition) is 3. The molecule has 0 fully saturated rings. The first-order valence-corrected chi connectivity index (χ1v) is 6.28. The molecular weight excluding hydrogens is 222 g/mol. The Morgan fingerprint density at radius 3 is 2.69 bits per heavy atom. The largest absolute Gasteiger partial charge is 0.480 e. The molecule has 0 aliphatic heterocycles. The maximum absolute atomic E-state index is 10.5. The van der Waals surface area contributed by atoms with Crippen LogP contribution in [0.4, 0.5) is 0 Å². The molecule has 1 atom stereocenters. The summed E-state index contributed by atoms with van der Waals surface area (Å²) in [5, 5.41) is 8.62. The smallest absolute Gasteiger partial charge is 0.321 e. The Balaban J connectivity index is 2.43. The number of hydrogen-bond donors (Lipinski definition) is 2. The highest BCUT2D eigenvalue weighted by atomic mass is 32.2. The van der Waals surface area contributed by atoms with Gasteiger partial charge in [0.15, 0.2) is 0 Å². The van der Waals surface area contributed by atoms with Gasteiger partial charge in [-0.3, -0.25) is 4.79 Å². The molecule has 4 heteroatoms. The SMILES string of the molecule is Cc1ccc(CSCC(N)C(=O)O)cc1C. The summed E-state index contributed by atoms with van der Waals surface area (Å²) in [6.45, 7) is 4.15. The quantitative estimate of drug-likeness (QED) is 0.824. The number of benzene rings is 1. The predicted molar refractivity (Wildman–Crippen MR) is 67.7 cm³/mol. The average Bonchev–Trinajstić information content (AvgIpc) is 2.23. The molecule has 0 aliphatic rings. The lowest BCUT2D eigenvalue weighted by Crippen LogP contribution is -2.32. The molecule has 3 nitrogen and oxygen atoms in total. The van der Waals surface area contributed by atoms with Crippen LogP contribution >= 0.6 is 11.8 Å². The maximum Gasteiger partial charge on any atom is 0.321 e. The second-order valence-corrected chi connectivity index (χ2v) is 4.91. The lowest BCUT2D eigenvalue weighted by Gasteiger charge is -2.07. The van der Waals surface area contributed by atoms with Crippen LogP contribution in [-0.2, 0) is 10.5 Å². The van der Waals surface area contributed by atoms with Crippen molar-refractivity contribution in [1.82, 2.24) is 0 Å². The molecule has 0 aromatic heterocycles. The van der Waals surface area contributed by atoms with Crippen molar-refractivity contribution in [2.45, 2.75) is 25.6 Å². The number of aliphatic carboxylic acids is 1. The Labute approximate surface area is 100 Å². The highest BCUT2D eigenvalue weighted by molar-refractivity contribution is 7.98. The van der Waals surface area contributed by atoms with Gasteiger partial charge in [-0.1, -0.05) is 18.2 Å². The van der Waals surface area contributed by atoms with Crippen molar-refractivity contribution in [3.63, 3.8) is 0 Å². The van der Waals surface area contributed by atoms with Gasteiger partial charge in [-0.2, -0.15) is 11.8 Å². The van der Waals surface area contributed by atoms with Gasteiger partial charge in [-0.25, -0.2) is 0 Å². The van der Waals surface area contributed by atoms with Crippen LogP contribution in [0.5, 0.6) is 0 Å². The molecule has 0 aliphatic carbocycles. The minimum atomic E-state index is -0.937. The number of nitrogens with two attached hydrogens (primary N) is 1. The Morgan fingerprint density at radius 1 is 1.44 bits per heavy atom. The molecule has 0 radical (unpaired) electrons. The van der Waals surface area contributed by atoms with Gasteiger partial charge in [0.25, 0.3) is 0 Å². The van der Waals surface area contributed by atoms with E-state index in [-0.39, 0.29) is 0 Å². The van der Waals surface area contributed by atoms with E-state index in [0.717, 1.165) is 5.75 Å².